The van der Waals surface area contributed by atoms with Crippen LogP contribution in [0.3, 0.4) is 0 Å². The average Bonchev–Trinajstić information content (AvgIpc) is 2.41. The molecule has 0 spiro atoms. The molecule has 80 valence electrons. The van der Waals surface area contributed by atoms with Crippen molar-refractivity contribution in [3.05, 3.63) is 28.8 Å². The number of halogens is 3. The van der Waals surface area contributed by atoms with Crippen molar-refractivity contribution in [1.29, 1.82) is 0 Å². The minimum absolute atomic E-state index is 0.0279. The molecule has 5 heteroatoms. The Morgan fingerprint density at radius 1 is 1.33 bits per heavy atom. The summed E-state index contributed by atoms with van der Waals surface area (Å²) >= 11 is 0. The Bertz CT molecular complexity index is 437. The van der Waals surface area contributed by atoms with E-state index in [0.717, 1.165) is 6.07 Å². The van der Waals surface area contributed by atoms with Gasteiger partial charge in [0.1, 0.15) is 0 Å². The first-order valence-electron chi connectivity index (χ1n) is 4.38. The quantitative estimate of drug-likeness (QED) is 0.707. The molecule has 0 unspecified atom stereocenters. The van der Waals surface area contributed by atoms with Crippen molar-refractivity contribution in [1.82, 2.24) is 0 Å². The van der Waals surface area contributed by atoms with Gasteiger partial charge in [0.25, 0.3) is 0 Å². The van der Waals surface area contributed by atoms with Gasteiger partial charge >= 0.3 is 6.18 Å². The molecule has 15 heavy (non-hydrogen) atoms. The lowest BCUT2D eigenvalue weighted by Gasteiger charge is -2.12. The van der Waals surface area contributed by atoms with E-state index in [1.54, 1.807) is 13.0 Å². The van der Waals surface area contributed by atoms with Crippen LogP contribution < -0.4 is 5.32 Å². The summed E-state index contributed by atoms with van der Waals surface area (Å²) in [7, 11) is 0. The number of hydrogen-bond acceptors (Lipinski definition) is 1. The highest BCUT2D eigenvalue weighted by atomic mass is 19.4. The lowest BCUT2D eigenvalue weighted by atomic mass is 10.0. The predicted molar refractivity (Wildman–Crippen MR) is 48.5 cm³/mol. The second-order valence-corrected chi connectivity index (χ2v) is 3.57. The van der Waals surface area contributed by atoms with Gasteiger partial charge in [0, 0.05) is 0 Å². The zero-order chi connectivity index (χ0) is 11.2. The number of benzene rings is 1. The van der Waals surface area contributed by atoms with Gasteiger partial charge in [0.05, 0.1) is 17.7 Å². The van der Waals surface area contributed by atoms with Crippen LogP contribution in [0.2, 0.25) is 0 Å². The Balaban J connectivity index is 2.62. The maximum atomic E-state index is 12.6. The van der Waals surface area contributed by atoms with E-state index in [0.29, 0.717) is 11.1 Å². The molecule has 0 atom stereocenters. The summed E-state index contributed by atoms with van der Waals surface area (Å²) in [5.41, 5.74) is 0.0892. The van der Waals surface area contributed by atoms with Crippen LogP contribution in [-0.4, -0.2) is 5.91 Å². The third-order valence-corrected chi connectivity index (χ3v) is 2.29. The van der Waals surface area contributed by atoms with Crippen LogP contribution in [0.15, 0.2) is 12.1 Å². The summed E-state index contributed by atoms with van der Waals surface area (Å²) in [5.74, 6) is -0.388. The highest BCUT2D eigenvalue weighted by molar-refractivity contribution is 6.00. The molecule has 1 aromatic carbocycles. The van der Waals surface area contributed by atoms with E-state index < -0.39 is 11.7 Å². The molecule has 2 nitrogen and oxygen atoms in total. The topological polar surface area (TPSA) is 29.1 Å². The molecule has 0 fully saturated rings. The number of anilines is 1. The van der Waals surface area contributed by atoms with Gasteiger partial charge in [-0.05, 0) is 18.6 Å². The van der Waals surface area contributed by atoms with Crippen LogP contribution in [0.1, 0.15) is 16.7 Å². The summed E-state index contributed by atoms with van der Waals surface area (Å²) in [6.45, 7) is 1.58. The highest BCUT2D eigenvalue weighted by Crippen LogP contribution is 2.39. The monoisotopic (exact) mass is 215 g/mol. The van der Waals surface area contributed by atoms with Crippen molar-refractivity contribution in [2.75, 3.05) is 5.32 Å². The molecule has 1 aliphatic rings. The predicted octanol–water partition coefficient (Wildman–Crippen LogP) is 2.51. The van der Waals surface area contributed by atoms with Gasteiger partial charge in [-0.15, -0.1) is 0 Å². The van der Waals surface area contributed by atoms with Crippen molar-refractivity contribution in [2.24, 2.45) is 0 Å². The summed E-state index contributed by atoms with van der Waals surface area (Å²) in [6, 6.07) is 2.65. The molecule has 0 radical (unpaired) electrons. The molecule has 0 aliphatic carbocycles. The Kier molecular flexibility index (Phi) is 1.99. The number of carbonyl (C=O) groups excluding carboxylic acids is 1. The first-order chi connectivity index (χ1) is 6.88. The van der Waals surface area contributed by atoms with E-state index in [9.17, 15) is 18.0 Å². The molecule has 0 bridgehead atoms. The third kappa shape index (κ3) is 1.69. The lowest BCUT2D eigenvalue weighted by Crippen LogP contribution is -2.11. The van der Waals surface area contributed by atoms with Crippen LogP contribution in [0.25, 0.3) is 0 Å². The molecule has 1 aliphatic heterocycles. The van der Waals surface area contributed by atoms with Crippen LogP contribution in [0.5, 0.6) is 0 Å². The normalized spacial score (nSPS) is 15.1. The molecule has 2 rings (SSSR count). The van der Waals surface area contributed by atoms with Crippen LogP contribution in [0.4, 0.5) is 18.9 Å². The molecule has 1 N–H and O–H groups in total. The molecule has 0 saturated heterocycles. The molecule has 1 amide bonds. The number of amides is 1. The van der Waals surface area contributed by atoms with Gasteiger partial charge in [0.2, 0.25) is 5.91 Å². The molecule has 1 aromatic rings. The van der Waals surface area contributed by atoms with Crippen LogP contribution >= 0.6 is 0 Å². The zero-order valence-electron chi connectivity index (χ0n) is 7.90. The van der Waals surface area contributed by atoms with Gasteiger partial charge in [0.15, 0.2) is 0 Å². The number of fused-ring (bicyclic) bond motifs is 1. The minimum atomic E-state index is -4.42. The fourth-order valence-corrected chi connectivity index (χ4v) is 1.73. The molecular formula is C10H8F3NO. The highest BCUT2D eigenvalue weighted by Gasteiger charge is 2.37. The van der Waals surface area contributed by atoms with Gasteiger partial charge in [-0.3, -0.25) is 4.79 Å². The number of hydrogen-bond donors (Lipinski definition) is 1. The summed E-state index contributed by atoms with van der Waals surface area (Å²) < 4.78 is 37.8. The maximum absolute atomic E-state index is 12.6. The molecule has 0 saturated carbocycles. The summed E-state index contributed by atoms with van der Waals surface area (Å²) in [6.07, 6.45) is -4.40. The van der Waals surface area contributed by atoms with E-state index >= 15 is 0 Å². The Morgan fingerprint density at radius 3 is 2.60 bits per heavy atom. The van der Waals surface area contributed by atoms with Crippen molar-refractivity contribution < 1.29 is 18.0 Å². The Morgan fingerprint density at radius 2 is 2.00 bits per heavy atom. The number of aryl methyl sites for hydroxylation is 1. The second kappa shape index (κ2) is 2.98. The van der Waals surface area contributed by atoms with Crippen LogP contribution in [-0.2, 0) is 17.4 Å². The van der Waals surface area contributed by atoms with Crippen molar-refractivity contribution >= 4 is 11.6 Å². The van der Waals surface area contributed by atoms with E-state index in [1.165, 1.54) is 0 Å². The largest absolute Gasteiger partial charge is 0.418 e. The van der Waals surface area contributed by atoms with Gasteiger partial charge in [-0.25, -0.2) is 0 Å². The van der Waals surface area contributed by atoms with Gasteiger partial charge < -0.3 is 5.32 Å². The maximum Gasteiger partial charge on any atom is 0.418 e. The lowest BCUT2D eigenvalue weighted by molar-refractivity contribution is -0.137. The van der Waals surface area contributed by atoms with E-state index in [4.69, 9.17) is 0 Å². The van der Waals surface area contributed by atoms with Crippen molar-refractivity contribution in [3.63, 3.8) is 0 Å². The first kappa shape index (κ1) is 10.0. The van der Waals surface area contributed by atoms with E-state index in [1.807, 2.05) is 0 Å². The SMILES string of the molecule is Cc1cc2c(c(C(F)(F)F)c1)NC(=O)C2. The van der Waals surface area contributed by atoms with E-state index in [-0.39, 0.29) is 18.0 Å². The fraction of sp³-hybridized carbons (Fsp3) is 0.300. The fourth-order valence-electron chi connectivity index (χ4n) is 1.73. The Hall–Kier alpha value is -1.52. The first-order valence-corrected chi connectivity index (χ1v) is 4.38. The third-order valence-electron chi connectivity index (χ3n) is 2.29. The number of rotatable bonds is 0. The summed E-state index contributed by atoms with van der Waals surface area (Å²) in [5, 5.41) is 2.24. The number of alkyl halides is 3. The van der Waals surface area contributed by atoms with E-state index in [2.05, 4.69) is 5.32 Å². The Labute approximate surface area is 84.1 Å². The standard InChI is InChI=1S/C10H8F3NO/c1-5-2-6-4-8(15)14-9(6)7(3-5)10(11,12)13/h2-3H,4H2,1H3,(H,14,15). The second-order valence-electron chi connectivity index (χ2n) is 3.57. The molecule has 1 heterocycles. The molecular weight excluding hydrogens is 207 g/mol. The average molecular weight is 215 g/mol. The molecule has 0 aromatic heterocycles. The van der Waals surface area contributed by atoms with Gasteiger partial charge in [-0.1, -0.05) is 11.6 Å². The van der Waals surface area contributed by atoms with Gasteiger partial charge in [-0.2, -0.15) is 13.2 Å². The number of carbonyl (C=O) groups is 1. The minimum Gasteiger partial charge on any atom is -0.325 e. The van der Waals surface area contributed by atoms with Crippen molar-refractivity contribution in [3.8, 4) is 0 Å². The van der Waals surface area contributed by atoms with Crippen molar-refractivity contribution in [2.45, 2.75) is 19.5 Å². The van der Waals surface area contributed by atoms with Crippen LogP contribution in [0, 0.1) is 6.92 Å². The smallest absolute Gasteiger partial charge is 0.325 e. The zero-order valence-corrected chi connectivity index (χ0v) is 7.90. The summed E-state index contributed by atoms with van der Waals surface area (Å²) in [4.78, 5) is 11.0. The number of nitrogens with one attached hydrogen (secondary N) is 1.